The normalized spacial score (nSPS) is 18.6. The van der Waals surface area contributed by atoms with E-state index in [1.807, 2.05) is 7.05 Å². The molecule has 2 aromatic rings. The number of likely N-dealkylation sites (N-methyl/N-ethyl adjacent to an activating group) is 1. The first-order valence-electron chi connectivity index (χ1n) is 7.47. The molecule has 0 radical (unpaired) electrons. The number of nitrogens with zero attached hydrogens (tertiary/aromatic N) is 3. The van der Waals surface area contributed by atoms with E-state index in [2.05, 4.69) is 20.4 Å². The van der Waals surface area contributed by atoms with Crippen LogP contribution in [0.4, 0.5) is 13.2 Å². The van der Waals surface area contributed by atoms with E-state index >= 15 is 0 Å². The molecule has 1 aliphatic rings. The summed E-state index contributed by atoms with van der Waals surface area (Å²) in [4.78, 5) is 6.42. The minimum atomic E-state index is -4.36. The summed E-state index contributed by atoms with van der Waals surface area (Å²) in [6.45, 7) is 2.53. The van der Waals surface area contributed by atoms with Crippen molar-refractivity contribution in [2.45, 2.75) is 18.8 Å². The molecule has 0 saturated carbocycles. The van der Waals surface area contributed by atoms with Gasteiger partial charge in [0.05, 0.1) is 11.6 Å². The molecule has 3 rings (SSSR count). The average Bonchev–Trinajstić information content (AvgIpc) is 3.02. The van der Waals surface area contributed by atoms with Gasteiger partial charge in [-0.05, 0) is 31.3 Å². The van der Waals surface area contributed by atoms with Crippen LogP contribution in [0.5, 0.6) is 5.75 Å². The number of rotatable bonds is 4. The fourth-order valence-electron chi connectivity index (χ4n) is 2.44. The number of alkyl halides is 3. The van der Waals surface area contributed by atoms with Gasteiger partial charge in [0.2, 0.25) is 0 Å². The highest BCUT2D eigenvalue weighted by Gasteiger charge is 2.30. The zero-order chi connectivity index (χ0) is 17.2. The predicted octanol–water partition coefficient (Wildman–Crippen LogP) is 2.67. The van der Waals surface area contributed by atoms with Crippen molar-refractivity contribution in [1.29, 1.82) is 0 Å². The van der Waals surface area contributed by atoms with Crippen LogP contribution in [0, 0.1) is 0 Å². The SMILES string of the molecule is CN1CCNCC1c1noc(COc2ccc(C(F)(F)F)cc2)n1.Cl. The van der Waals surface area contributed by atoms with E-state index in [1.165, 1.54) is 12.1 Å². The quantitative estimate of drug-likeness (QED) is 0.882. The summed E-state index contributed by atoms with van der Waals surface area (Å²) in [6.07, 6.45) is -4.36. The Morgan fingerprint density at radius 1 is 1.32 bits per heavy atom. The molecular weight excluding hydrogens is 361 g/mol. The third kappa shape index (κ3) is 4.83. The lowest BCUT2D eigenvalue weighted by molar-refractivity contribution is -0.137. The van der Waals surface area contributed by atoms with Crippen LogP contribution in [-0.4, -0.2) is 41.7 Å². The maximum absolute atomic E-state index is 12.5. The van der Waals surface area contributed by atoms with E-state index in [9.17, 15) is 13.2 Å². The second-order valence-corrected chi connectivity index (χ2v) is 5.56. The number of hydrogen-bond acceptors (Lipinski definition) is 6. The van der Waals surface area contributed by atoms with E-state index in [4.69, 9.17) is 9.26 Å². The molecule has 1 unspecified atom stereocenters. The summed E-state index contributed by atoms with van der Waals surface area (Å²) in [7, 11) is 1.99. The highest BCUT2D eigenvalue weighted by Crippen LogP contribution is 2.30. The van der Waals surface area contributed by atoms with E-state index in [0.717, 1.165) is 31.8 Å². The first-order chi connectivity index (χ1) is 11.4. The van der Waals surface area contributed by atoms with Crippen LogP contribution < -0.4 is 10.1 Å². The van der Waals surface area contributed by atoms with Gasteiger partial charge in [-0.25, -0.2) is 0 Å². The average molecular weight is 379 g/mol. The number of nitrogens with one attached hydrogen (secondary N) is 1. The topological polar surface area (TPSA) is 63.4 Å². The summed E-state index contributed by atoms with van der Waals surface area (Å²) in [6, 6.07) is 4.49. The molecule has 0 bridgehead atoms. The highest BCUT2D eigenvalue weighted by atomic mass is 35.5. The number of ether oxygens (including phenoxy) is 1. The Labute approximate surface area is 148 Å². The molecule has 1 saturated heterocycles. The Morgan fingerprint density at radius 2 is 2.04 bits per heavy atom. The Bertz CT molecular complexity index is 678. The maximum atomic E-state index is 12.5. The lowest BCUT2D eigenvalue weighted by Gasteiger charge is -2.30. The van der Waals surface area contributed by atoms with Crippen LogP contribution in [0.1, 0.15) is 23.3 Å². The molecule has 0 amide bonds. The van der Waals surface area contributed by atoms with Crippen LogP contribution >= 0.6 is 12.4 Å². The van der Waals surface area contributed by atoms with Crippen molar-refractivity contribution in [3.05, 3.63) is 41.5 Å². The number of halogens is 4. The second-order valence-electron chi connectivity index (χ2n) is 5.56. The van der Waals surface area contributed by atoms with Gasteiger partial charge in [-0.15, -0.1) is 12.4 Å². The smallest absolute Gasteiger partial charge is 0.416 e. The van der Waals surface area contributed by atoms with Gasteiger partial charge in [0, 0.05) is 19.6 Å². The molecule has 10 heteroatoms. The lowest BCUT2D eigenvalue weighted by Crippen LogP contribution is -2.44. The minimum Gasteiger partial charge on any atom is -0.484 e. The van der Waals surface area contributed by atoms with Crippen molar-refractivity contribution in [3.63, 3.8) is 0 Å². The van der Waals surface area contributed by atoms with Crippen LogP contribution in [0.3, 0.4) is 0 Å². The lowest BCUT2D eigenvalue weighted by atomic mass is 10.2. The number of aromatic nitrogens is 2. The summed E-state index contributed by atoms with van der Waals surface area (Å²) in [5, 5.41) is 7.21. The third-order valence-corrected chi connectivity index (χ3v) is 3.84. The summed E-state index contributed by atoms with van der Waals surface area (Å²) in [5.41, 5.74) is -0.720. The largest absolute Gasteiger partial charge is 0.484 e. The molecule has 6 nitrogen and oxygen atoms in total. The Kier molecular flexibility index (Phi) is 6.26. The number of piperazine rings is 1. The molecule has 138 valence electrons. The Morgan fingerprint density at radius 3 is 2.68 bits per heavy atom. The number of benzene rings is 1. The van der Waals surface area contributed by atoms with E-state index in [-0.39, 0.29) is 30.9 Å². The van der Waals surface area contributed by atoms with Gasteiger partial charge in [0.15, 0.2) is 12.4 Å². The molecule has 1 aliphatic heterocycles. The van der Waals surface area contributed by atoms with E-state index < -0.39 is 11.7 Å². The van der Waals surface area contributed by atoms with Crippen molar-refractivity contribution in [3.8, 4) is 5.75 Å². The van der Waals surface area contributed by atoms with Gasteiger partial charge in [0.25, 0.3) is 5.89 Å². The molecule has 1 aromatic heterocycles. The van der Waals surface area contributed by atoms with Crippen LogP contribution in [0.2, 0.25) is 0 Å². The molecule has 1 N–H and O–H groups in total. The molecule has 0 spiro atoms. The molecule has 1 atom stereocenters. The monoisotopic (exact) mass is 378 g/mol. The first kappa shape index (κ1) is 19.5. The highest BCUT2D eigenvalue weighted by molar-refractivity contribution is 5.85. The Hall–Kier alpha value is -1.84. The molecular formula is C15H18ClF3N4O2. The van der Waals surface area contributed by atoms with Gasteiger partial charge in [-0.3, -0.25) is 4.90 Å². The zero-order valence-electron chi connectivity index (χ0n) is 13.4. The molecule has 1 fully saturated rings. The van der Waals surface area contributed by atoms with Crippen molar-refractivity contribution in [1.82, 2.24) is 20.4 Å². The molecule has 1 aromatic carbocycles. The van der Waals surface area contributed by atoms with E-state index in [1.54, 1.807) is 0 Å². The second kappa shape index (κ2) is 8.03. The standard InChI is InChI=1S/C15H17F3N4O2.ClH/c1-22-7-6-19-8-12(22)14-20-13(24-21-14)9-23-11-4-2-10(3-5-11)15(16,17)18;/h2-5,12,19H,6-9H2,1H3;1H. The maximum Gasteiger partial charge on any atom is 0.416 e. The first-order valence-corrected chi connectivity index (χ1v) is 7.47. The van der Waals surface area contributed by atoms with Gasteiger partial charge in [0.1, 0.15) is 5.75 Å². The predicted molar refractivity (Wildman–Crippen MR) is 85.6 cm³/mol. The van der Waals surface area contributed by atoms with Crippen molar-refractivity contribution in [2.75, 3.05) is 26.7 Å². The van der Waals surface area contributed by atoms with Gasteiger partial charge in [-0.1, -0.05) is 5.16 Å². The fourth-order valence-corrected chi connectivity index (χ4v) is 2.44. The van der Waals surface area contributed by atoms with Crippen LogP contribution in [-0.2, 0) is 12.8 Å². The van der Waals surface area contributed by atoms with Crippen molar-refractivity contribution in [2.24, 2.45) is 0 Å². The minimum absolute atomic E-state index is 0. The summed E-state index contributed by atoms with van der Waals surface area (Å²) in [5.74, 6) is 1.15. The van der Waals surface area contributed by atoms with Gasteiger partial charge >= 0.3 is 6.18 Å². The van der Waals surface area contributed by atoms with Gasteiger partial charge < -0.3 is 14.6 Å². The molecule has 0 aliphatic carbocycles. The fraction of sp³-hybridized carbons (Fsp3) is 0.467. The van der Waals surface area contributed by atoms with Gasteiger partial charge in [-0.2, -0.15) is 18.2 Å². The van der Waals surface area contributed by atoms with Crippen molar-refractivity contribution >= 4 is 12.4 Å². The van der Waals surface area contributed by atoms with Crippen molar-refractivity contribution < 1.29 is 22.4 Å². The Balaban J connectivity index is 0.00000225. The van der Waals surface area contributed by atoms with E-state index in [0.29, 0.717) is 11.6 Å². The van der Waals surface area contributed by atoms with Crippen LogP contribution in [0.25, 0.3) is 0 Å². The summed E-state index contributed by atoms with van der Waals surface area (Å²) < 4.78 is 48.0. The third-order valence-electron chi connectivity index (χ3n) is 3.84. The molecule has 2 heterocycles. The summed E-state index contributed by atoms with van der Waals surface area (Å²) >= 11 is 0. The zero-order valence-corrected chi connectivity index (χ0v) is 14.2. The molecule has 25 heavy (non-hydrogen) atoms. The van der Waals surface area contributed by atoms with Crippen LogP contribution in [0.15, 0.2) is 28.8 Å². The number of hydrogen-bond donors (Lipinski definition) is 1.